The van der Waals surface area contributed by atoms with E-state index in [1.54, 1.807) is 0 Å². The number of rotatable bonds is 6. The van der Waals surface area contributed by atoms with Crippen molar-refractivity contribution in [1.82, 2.24) is 15.1 Å². The molecule has 3 atom stereocenters. The van der Waals surface area contributed by atoms with E-state index in [0.29, 0.717) is 18.4 Å². The van der Waals surface area contributed by atoms with Gasteiger partial charge in [-0.25, -0.2) is 0 Å². The molecular weight excluding hydrogens is 304 g/mol. The molecule has 0 bridgehead atoms. The lowest BCUT2D eigenvalue weighted by molar-refractivity contribution is -0.145. The van der Waals surface area contributed by atoms with Crippen molar-refractivity contribution in [2.45, 2.75) is 33.6 Å². The van der Waals surface area contributed by atoms with Crippen LogP contribution in [-0.2, 0) is 9.53 Å². The van der Waals surface area contributed by atoms with Crippen molar-refractivity contribution >= 4 is 11.9 Å². The summed E-state index contributed by atoms with van der Waals surface area (Å²) in [5.74, 6) is 1.75. The van der Waals surface area contributed by atoms with E-state index >= 15 is 0 Å². The maximum Gasteiger partial charge on any atom is 0.310 e. The summed E-state index contributed by atoms with van der Waals surface area (Å²) in [6.07, 6.45) is 2.46. The highest BCUT2D eigenvalue weighted by Gasteiger charge is 2.37. The van der Waals surface area contributed by atoms with E-state index in [1.165, 1.54) is 33.0 Å². The van der Waals surface area contributed by atoms with E-state index in [2.05, 4.69) is 35.9 Å². The fraction of sp³-hybridized carbons (Fsp3) is 0.889. The highest BCUT2D eigenvalue weighted by molar-refractivity contribution is 5.82. The fourth-order valence-electron chi connectivity index (χ4n) is 3.82. The molecule has 0 spiro atoms. The first kappa shape index (κ1) is 19.0. The van der Waals surface area contributed by atoms with Gasteiger partial charge in [0.25, 0.3) is 0 Å². The van der Waals surface area contributed by atoms with Crippen molar-refractivity contribution in [3.8, 4) is 0 Å². The first-order chi connectivity index (χ1) is 11.6. The van der Waals surface area contributed by atoms with Gasteiger partial charge in [0.15, 0.2) is 5.96 Å². The summed E-state index contributed by atoms with van der Waals surface area (Å²) in [6, 6.07) is 0. The third kappa shape index (κ3) is 4.85. The van der Waals surface area contributed by atoms with Gasteiger partial charge in [0, 0.05) is 32.7 Å². The average Bonchev–Trinajstić information content (AvgIpc) is 3.18. The number of ether oxygens (including phenoxy) is 1. The van der Waals surface area contributed by atoms with Crippen LogP contribution in [-0.4, -0.2) is 74.7 Å². The molecule has 0 aromatic rings. The first-order valence-electron chi connectivity index (χ1n) is 9.42. The molecule has 2 saturated heterocycles. The average molecular weight is 338 g/mol. The molecule has 0 radical (unpaired) electrons. The molecule has 2 rings (SSSR count). The molecule has 138 valence electrons. The van der Waals surface area contributed by atoms with Gasteiger partial charge in [-0.1, -0.05) is 13.8 Å². The number of carbonyl (C=O) groups excluding carboxylic acids is 1. The van der Waals surface area contributed by atoms with E-state index in [9.17, 15) is 4.79 Å². The quantitative estimate of drug-likeness (QED) is 0.451. The molecule has 0 aromatic carbocycles. The number of hydrogen-bond donors (Lipinski definition) is 1. The Kier molecular flexibility index (Phi) is 7.34. The van der Waals surface area contributed by atoms with Crippen LogP contribution in [0.25, 0.3) is 0 Å². The van der Waals surface area contributed by atoms with Crippen LogP contribution in [0.1, 0.15) is 33.6 Å². The Morgan fingerprint density at radius 3 is 2.75 bits per heavy atom. The molecule has 0 aromatic heterocycles. The summed E-state index contributed by atoms with van der Waals surface area (Å²) in [4.78, 5) is 21.5. The van der Waals surface area contributed by atoms with Crippen LogP contribution in [0.2, 0.25) is 0 Å². The Labute approximate surface area is 146 Å². The van der Waals surface area contributed by atoms with Gasteiger partial charge in [-0.05, 0) is 44.7 Å². The lowest BCUT2D eigenvalue weighted by Crippen LogP contribution is -2.41. The highest BCUT2D eigenvalue weighted by Crippen LogP contribution is 2.24. The molecule has 1 N–H and O–H groups in total. The predicted octanol–water partition coefficient (Wildman–Crippen LogP) is 1.42. The van der Waals surface area contributed by atoms with E-state index in [1.807, 2.05) is 0 Å². The summed E-state index contributed by atoms with van der Waals surface area (Å²) < 4.78 is 4.94. The minimum absolute atomic E-state index is 0.0506. The Hall–Kier alpha value is -1.30. The molecule has 0 aliphatic carbocycles. The van der Waals surface area contributed by atoms with Crippen molar-refractivity contribution in [2.75, 3.05) is 52.9 Å². The minimum atomic E-state index is -0.105. The number of aliphatic imine (C=N–C) groups is 1. The van der Waals surface area contributed by atoms with Gasteiger partial charge in [0.1, 0.15) is 0 Å². The number of methoxy groups -OCH3 is 1. The Morgan fingerprint density at radius 1 is 1.29 bits per heavy atom. The maximum atomic E-state index is 11.9. The number of nitrogens with zero attached hydrogens (tertiary/aromatic N) is 3. The number of hydrogen-bond acceptors (Lipinski definition) is 4. The molecule has 0 amide bonds. The summed E-state index contributed by atoms with van der Waals surface area (Å²) in [5, 5.41) is 3.39. The number of carbonyl (C=O) groups is 1. The van der Waals surface area contributed by atoms with Gasteiger partial charge >= 0.3 is 5.97 Å². The van der Waals surface area contributed by atoms with E-state index < -0.39 is 0 Å². The van der Waals surface area contributed by atoms with E-state index in [0.717, 1.165) is 32.1 Å². The van der Waals surface area contributed by atoms with Gasteiger partial charge in [-0.15, -0.1) is 0 Å². The van der Waals surface area contributed by atoms with Crippen LogP contribution in [0.4, 0.5) is 0 Å². The van der Waals surface area contributed by atoms with Crippen molar-refractivity contribution < 1.29 is 9.53 Å². The van der Waals surface area contributed by atoms with Crippen LogP contribution >= 0.6 is 0 Å². The predicted molar refractivity (Wildman–Crippen MR) is 97.1 cm³/mol. The number of likely N-dealkylation sites (tertiary alicyclic amines) is 2. The standard InChI is InChI=1S/C18H34N4O2/c1-5-8-21-9-7-15(12-21)10-20-18(19-6-2)22-11-14(3)16(13-22)17(23)24-4/h14-16H,5-13H2,1-4H3,(H,19,20). The molecule has 6 nitrogen and oxygen atoms in total. The Bertz CT molecular complexity index is 441. The first-order valence-corrected chi connectivity index (χ1v) is 9.42. The van der Waals surface area contributed by atoms with E-state index in [-0.39, 0.29) is 11.9 Å². The van der Waals surface area contributed by atoms with Crippen molar-refractivity contribution in [1.29, 1.82) is 0 Å². The second-order valence-corrected chi connectivity index (χ2v) is 7.16. The van der Waals surface area contributed by atoms with Crippen LogP contribution in [0.5, 0.6) is 0 Å². The SMILES string of the molecule is CCCN1CCC(CN=C(NCC)N2CC(C)C(C(=O)OC)C2)C1. The largest absolute Gasteiger partial charge is 0.469 e. The summed E-state index contributed by atoms with van der Waals surface area (Å²) >= 11 is 0. The Morgan fingerprint density at radius 2 is 2.08 bits per heavy atom. The Balaban J connectivity index is 1.93. The van der Waals surface area contributed by atoms with Gasteiger partial charge in [-0.3, -0.25) is 9.79 Å². The van der Waals surface area contributed by atoms with Crippen molar-refractivity contribution in [3.05, 3.63) is 0 Å². The molecular formula is C18H34N4O2. The molecule has 2 fully saturated rings. The molecule has 2 aliphatic heterocycles. The zero-order chi connectivity index (χ0) is 17.5. The topological polar surface area (TPSA) is 57.2 Å². The van der Waals surface area contributed by atoms with Crippen LogP contribution in [0, 0.1) is 17.8 Å². The molecule has 6 heteroatoms. The van der Waals surface area contributed by atoms with Gasteiger partial charge in [-0.2, -0.15) is 0 Å². The minimum Gasteiger partial charge on any atom is -0.469 e. The van der Waals surface area contributed by atoms with Gasteiger partial charge in [0.05, 0.1) is 13.0 Å². The second-order valence-electron chi connectivity index (χ2n) is 7.16. The monoisotopic (exact) mass is 338 g/mol. The zero-order valence-electron chi connectivity index (χ0n) is 15.8. The smallest absolute Gasteiger partial charge is 0.310 e. The highest BCUT2D eigenvalue weighted by atomic mass is 16.5. The fourth-order valence-corrected chi connectivity index (χ4v) is 3.82. The van der Waals surface area contributed by atoms with Gasteiger partial charge < -0.3 is 19.9 Å². The molecule has 2 aliphatic rings. The normalized spacial score (nSPS) is 28.4. The van der Waals surface area contributed by atoms with E-state index in [4.69, 9.17) is 9.73 Å². The zero-order valence-corrected chi connectivity index (χ0v) is 15.8. The van der Waals surface area contributed by atoms with Gasteiger partial charge in [0.2, 0.25) is 0 Å². The lowest BCUT2D eigenvalue weighted by atomic mass is 9.99. The molecule has 3 unspecified atom stereocenters. The summed E-state index contributed by atoms with van der Waals surface area (Å²) in [6.45, 7) is 13.3. The third-order valence-corrected chi connectivity index (χ3v) is 5.16. The number of guanidine groups is 1. The number of nitrogens with one attached hydrogen (secondary N) is 1. The molecule has 2 heterocycles. The summed E-state index contributed by atoms with van der Waals surface area (Å²) in [5.41, 5.74) is 0. The van der Waals surface area contributed by atoms with Crippen LogP contribution in [0.15, 0.2) is 4.99 Å². The van der Waals surface area contributed by atoms with Crippen LogP contribution in [0.3, 0.4) is 0 Å². The lowest BCUT2D eigenvalue weighted by Gasteiger charge is -2.22. The number of esters is 1. The third-order valence-electron chi connectivity index (χ3n) is 5.16. The van der Waals surface area contributed by atoms with Crippen LogP contribution < -0.4 is 5.32 Å². The maximum absolute atomic E-state index is 11.9. The second kappa shape index (κ2) is 9.25. The van der Waals surface area contributed by atoms with Crippen molar-refractivity contribution in [3.63, 3.8) is 0 Å². The van der Waals surface area contributed by atoms with Crippen molar-refractivity contribution in [2.24, 2.45) is 22.7 Å². The molecule has 24 heavy (non-hydrogen) atoms. The molecule has 0 saturated carbocycles. The summed E-state index contributed by atoms with van der Waals surface area (Å²) in [7, 11) is 1.47.